The highest BCUT2D eigenvalue weighted by Gasteiger charge is 2.54. The fourth-order valence-electron chi connectivity index (χ4n) is 3.39. The number of amides is 2. The van der Waals surface area contributed by atoms with E-state index in [-0.39, 0.29) is 22.2 Å². The minimum atomic E-state index is -1.22. The van der Waals surface area contributed by atoms with Gasteiger partial charge in [0.25, 0.3) is 11.8 Å². The second-order valence-corrected chi connectivity index (χ2v) is 10.6. The van der Waals surface area contributed by atoms with E-state index < -0.39 is 29.2 Å². The predicted octanol–water partition coefficient (Wildman–Crippen LogP) is 1.62. The van der Waals surface area contributed by atoms with Crippen molar-refractivity contribution in [1.82, 2.24) is 20.2 Å². The Kier molecular flexibility index (Phi) is 7.30. The van der Waals surface area contributed by atoms with Gasteiger partial charge in [0, 0.05) is 27.5 Å². The van der Waals surface area contributed by atoms with Gasteiger partial charge in [-0.15, -0.1) is 34.9 Å². The lowest BCUT2D eigenvalue weighted by Crippen LogP contribution is -2.71. The molecule has 1 saturated heterocycles. The van der Waals surface area contributed by atoms with Crippen molar-refractivity contribution in [3.8, 4) is 0 Å². The van der Waals surface area contributed by atoms with Crippen LogP contribution in [0.25, 0.3) is 0 Å². The van der Waals surface area contributed by atoms with Crippen LogP contribution in [0.1, 0.15) is 11.4 Å². The number of nitrogen functional groups attached to an aromatic ring is 1. The number of carboxylic acid groups (broad SMARTS) is 1. The van der Waals surface area contributed by atoms with Crippen LogP contribution in [0.15, 0.2) is 39.3 Å². The molecule has 0 saturated carbocycles. The number of nitrogens with zero attached hydrogens (tertiary/aromatic N) is 4. The van der Waals surface area contributed by atoms with E-state index in [1.165, 1.54) is 33.8 Å². The van der Waals surface area contributed by atoms with E-state index in [9.17, 15) is 24.7 Å². The smallest absolute Gasteiger partial charge is 0.353 e. The molecule has 5 N–H and O–H groups in total. The number of carbonyl (C=O) groups is 3. The first-order valence-electron chi connectivity index (χ1n) is 9.69. The molecule has 11 nitrogen and oxygen atoms in total. The van der Waals surface area contributed by atoms with Gasteiger partial charge in [-0.25, -0.2) is 14.8 Å². The first kappa shape index (κ1) is 24.3. The van der Waals surface area contributed by atoms with E-state index in [0.717, 1.165) is 17.0 Å². The normalized spacial score (nSPS) is 20.1. The summed E-state index contributed by atoms with van der Waals surface area (Å²) in [7, 11) is 0. The molecule has 0 aromatic carbocycles. The number of halogens is 1. The quantitative estimate of drug-likeness (QED) is 0.127. The predicted molar refractivity (Wildman–Crippen MR) is 130 cm³/mol. The summed E-state index contributed by atoms with van der Waals surface area (Å²) in [6.45, 7) is 0. The van der Waals surface area contributed by atoms with Gasteiger partial charge in [0.1, 0.15) is 28.0 Å². The van der Waals surface area contributed by atoms with Crippen molar-refractivity contribution >= 4 is 75.1 Å². The summed E-state index contributed by atoms with van der Waals surface area (Å²) in [6.07, 6.45) is 0.576. The van der Waals surface area contributed by atoms with E-state index in [1.807, 2.05) is 6.07 Å². The molecule has 15 heteroatoms. The van der Waals surface area contributed by atoms with Gasteiger partial charge >= 0.3 is 5.97 Å². The molecule has 34 heavy (non-hydrogen) atoms. The third-order valence-electron chi connectivity index (χ3n) is 4.91. The third-order valence-corrected chi connectivity index (χ3v) is 8.35. The maximum Gasteiger partial charge on any atom is 0.353 e. The Morgan fingerprint density at radius 3 is 2.82 bits per heavy atom. The number of carbonyl (C=O) groups excluding carboxylic acids is 2. The summed E-state index contributed by atoms with van der Waals surface area (Å²) in [5, 5.41) is 25.9. The molecule has 2 aliphatic heterocycles. The summed E-state index contributed by atoms with van der Waals surface area (Å²) < 4.78 is 0. The number of thioether (sulfide) groups is 2. The number of anilines is 1. The highest BCUT2D eigenvalue weighted by atomic mass is 35.5. The number of pyridine rings is 1. The standard InChI is InChI=1S/C19H17ClN6O5S3/c20-11-3-1-2-8(22-11)4-5-32-10-7-33-17-13(16(28)26(17)14(10)18(29)30)24-15(27)12(25-31)9-6-34-19(21)23-9/h1-3,6,13,17,31H,4-5,7H2,(H2,21,23)(H,24,27)(H,29,30)/b25-12-/t13-,17-/m1/s1. The van der Waals surface area contributed by atoms with Crippen molar-refractivity contribution in [2.24, 2.45) is 5.16 Å². The van der Waals surface area contributed by atoms with Crippen molar-refractivity contribution in [3.63, 3.8) is 0 Å². The van der Waals surface area contributed by atoms with Crippen LogP contribution in [-0.2, 0) is 20.8 Å². The maximum atomic E-state index is 12.8. The Bertz CT molecular complexity index is 1220. The number of hydrogen-bond acceptors (Lipinski definition) is 11. The van der Waals surface area contributed by atoms with Crippen LogP contribution < -0.4 is 11.1 Å². The average Bonchev–Trinajstić information content (AvgIpc) is 3.23. The molecule has 4 heterocycles. The topological polar surface area (TPSA) is 171 Å². The molecule has 0 bridgehead atoms. The Labute approximate surface area is 210 Å². The second-order valence-electron chi connectivity index (χ2n) is 7.01. The lowest BCUT2D eigenvalue weighted by Gasteiger charge is -2.49. The van der Waals surface area contributed by atoms with Gasteiger partial charge in [0.15, 0.2) is 10.8 Å². The molecule has 2 aromatic rings. The summed E-state index contributed by atoms with van der Waals surface area (Å²) in [4.78, 5) is 47.2. The summed E-state index contributed by atoms with van der Waals surface area (Å²) >= 11 is 9.64. The number of aryl methyl sites for hydroxylation is 1. The lowest BCUT2D eigenvalue weighted by atomic mass is 10.0. The molecule has 2 amide bonds. The molecular weight excluding hydrogens is 524 g/mol. The number of nitrogens with two attached hydrogens (primary N) is 1. The fourth-order valence-corrected chi connectivity index (χ4v) is 6.73. The third kappa shape index (κ3) is 4.85. The number of rotatable bonds is 8. The van der Waals surface area contributed by atoms with Crippen LogP contribution >= 0.6 is 46.5 Å². The SMILES string of the molecule is Nc1nc(/C(=N/O)C(=O)N[C@@H]2C(=O)N3C(C(=O)O)=C(SCCc4cccc(Cl)n4)CS[C@H]23)cs1. The van der Waals surface area contributed by atoms with Crippen molar-refractivity contribution in [2.75, 3.05) is 17.2 Å². The molecule has 0 unspecified atom stereocenters. The van der Waals surface area contributed by atoms with E-state index >= 15 is 0 Å². The largest absolute Gasteiger partial charge is 0.477 e. The van der Waals surface area contributed by atoms with Crippen LogP contribution in [0.4, 0.5) is 5.13 Å². The summed E-state index contributed by atoms with van der Waals surface area (Å²) in [6, 6.07) is 4.33. The van der Waals surface area contributed by atoms with Gasteiger partial charge in [0.05, 0.1) is 0 Å². The monoisotopic (exact) mass is 540 g/mol. The van der Waals surface area contributed by atoms with Crippen molar-refractivity contribution in [2.45, 2.75) is 17.8 Å². The number of fused-ring (bicyclic) bond motifs is 1. The van der Waals surface area contributed by atoms with E-state index in [2.05, 4.69) is 20.4 Å². The molecule has 0 aliphatic carbocycles. The van der Waals surface area contributed by atoms with Crippen LogP contribution in [0.3, 0.4) is 0 Å². The number of thiazole rings is 1. The van der Waals surface area contributed by atoms with Gasteiger partial charge in [-0.3, -0.25) is 14.5 Å². The minimum absolute atomic E-state index is 0.0708. The Hall–Kier alpha value is -2.81. The molecule has 0 spiro atoms. The second kappa shape index (κ2) is 10.2. The Morgan fingerprint density at radius 2 is 2.18 bits per heavy atom. The van der Waals surface area contributed by atoms with Crippen LogP contribution in [0.2, 0.25) is 5.15 Å². The molecule has 0 radical (unpaired) electrons. The zero-order chi connectivity index (χ0) is 24.4. The minimum Gasteiger partial charge on any atom is -0.477 e. The van der Waals surface area contributed by atoms with Gasteiger partial charge < -0.3 is 21.4 Å². The molecule has 1 fully saturated rings. The molecule has 178 valence electrons. The van der Waals surface area contributed by atoms with Gasteiger partial charge in [-0.1, -0.05) is 22.8 Å². The lowest BCUT2D eigenvalue weighted by molar-refractivity contribution is -0.150. The van der Waals surface area contributed by atoms with E-state index in [0.29, 0.717) is 28.0 Å². The van der Waals surface area contributed by atoms with Crippen molar-refractivity contribution in [3.05, 3.63) is 50.7 Å². The van der Waals surface area contributed by atoms with Crippen molar-refractivity contribution in [1.29, 1.82) is 0 Å². The number of aromatic nitrogens is 2. The number of nitrogens with one attached hydrogen (secondary N) is 1. The van der Waals surface area contributed by atoms with Crippen LogP contribution in [0.5, 0.6) is 0 Å². The Balaban J connectivity index is 1.43. The number of β-lactam (4-membered cyclic amide) rings is 1. The zero-order valence-electron chi connectivity index (χ0n) is 17.2. The first-order valence-corrected chi connectivity index (χ1v) is 13.0. The first-order chi connectivity index (χ1) is 16.3. The number of hydrogen-bond donors (Lipinski definition) is 4. The number of carboxylic acids is 1. The van der Waals surface area contributed by atoms with Crippen molar-refractivity contribution < 1.29 is 24.7 Å². The summed E-state index contributed by atoms with van der Waals surface area (Å²) in [5.74, 6) is -1.68. The highest BCUT2D eigenvalue weighted by molar-refractivity contribution is 8.06. The number of oxime groups is 1. The summed E-state index contributed by atoms with van der Waals surface area (Å²) in [5.41, 5.74) is 5.93. The number of aliphatic carboxylic acids is 1. The zero-order valence-corrected chi connectivity index (χ0v) is 20.4. The molecule has 2 aliphatic rings. The molecular formula is C19H17ClN6O5S3. The average molecular weight is 541 g/mol. The molecule has 2 aromatic heterocycles. The molecule has 4 rings (SSSR count). The maximum absolute atomic E-state index is 12.8. The van der Waals surface area contributed by atoms with Crippen LogP contribution in [0, 0.1) is 0 Å². The van der Waals surface area contributed by atoms with Gasteiger partial charge in [0.2, 0.25) is 0 Å². The van der Waals surface area contributed by atoms with Crippen LogP contribution in [-0.4, -0.2) is 71.6 Å². The molecule has 2 atom stereocenters. The highest BCUT2D eigenvalue weighted by Crippen LogP contribution is 2.43. The van der Waals surface area contributed by atoms with E-state index in [4.69, 9.17) is 17.3 Å². The fraction of sp³-hybridized carbons (Fsp3) is 0.263. The van der Waals surface area contributed by atoms with E-state index in [1.54, 1.807) is 12.1 Å². The van der Waals surface area contributed by atoms with Gasteiger partial charge in [-0.2, -0.15) is 0 Å². The Morgan fingerprint density at radius 1 is 1.38 bits per heavy atom. The van der Waals surface area contributed by atoms with Gasteiger partial charge in [-0.05, 0) is 18.6 Å².